The number of hydrazone groups is 1. The highest BCUT2D eigenvalue weighted by Crippen LogP contribution is 2.33. The van der Waals surface area contributed by atoms with Crippen LogP contribution in [0, 0.1) is 0 Å². The van der Waals surface area contributed by atoms with Crippen LogP contribution in [-0.2, 0) is 0 Å². The molecule has 0 unspecified atom stereocenters. The standard InChI is InChI=1S/C22H20N4O3/c1-27-16-7-8-18-17(12-16)21(14-6-9-19(28-2)20(11-14)29-3)25-26-22(24-18)15-5-4-10-23-13-15/h4-13H,1-3H3,(H,24,26). The van der Waals surface area contributed by atoms with Crippen molar-refractivity contribution in [1.29, 1.82) is 0 Å². The predicted octanol–water partition coefficient (Wildman–Crippen LogP) is 3.54. The predicted molar refractivity (Wildman–Crippen MR) is 112 cm³/mol. The second kappa shape index (κ2) is 8.02. The van der Waals surface area contributed by atoms with Gasteiger partial charge in [0.2, 0.25) is 0 Å². The van der Waals surface area contributed by atoms with Gasteiger partial charge in [-0.3, -0.25) is 10.4 Å². The third-order valence-corrected chi connectivity index (χ3v) is 4.56. The van der Waals surface area contributed by atoms with E-state index in [2.05, 4.69) is 15.5 Å². The van der Waals surface area contributed by atoms with Gasteiger partial charge in [-0.05, 0) is 48.5 Å². The number of benzene rings is 2. The van der Waals surface area contributed by atoms with Crippen LogP contribution in [0.2, 0.25) is 0 Å². The van der Waals surface area contributed by atoms with E-state index in [0.29, 0.717) is 23.0 Å². The number of aromatic nitrogens is 1. The smallest absolute Gasteiger partial charge is 0.161 e. The summed E-state index contributed by atoms with van der Waals surface area (Å²) >= 11 is 0. The summed E-state index contributed by atoms with van der Waals surface area (Å²) in [4.78, 5) is 8.95. The lowest BCUT2D eigenvalue weighted by molar-refractivity contribution is 0.355. The van der Waals surface area contributed by atoms with Crippen molar-refractivity contribution in [2.75, 3.05) is 21.3 Å². The first kappa shape index (κ1) is 18.5. The van der Waals surface area contributed by atoms with Crippen LogP contribution in [0.25, 0.3) is 0 Å². The number of amidine groups is 1. The lowest BCUT2D eigenvalue weighted by Gasteiger charge is -2.12. The molecular weight excluding hydrogens is 368 g/mol. The summed E-state index contributed by atoms with van der Waals surface area (Å²) < 4.78 is 16.2. The molecule has 1 N–H and O–H groups in total. The van der Waals surface area contributed by atoms with E-state index in [9.17, 15) is 0 Å². The van der Waals surface area contributed by atoms with Crippen LogP contribution in [0.1, 0.15) is 16.7 Å². The van der Waals surface area contributed by atoms with E-state index in [1.807, 2.05) is 48.5 Å². The third-order valence-electron chi connectivity index (χ3n) is 4.56. The lowest BCUT2D eigenvalue weighted by Crippen LogP contribution is -2.19. The van der Waals surface area contributed by atoms with Crippen molar-refractivity contribution in [2.24, 2.45) is 10.1 Å². The molecule has 0 saturated carbocycles. The molecule has 0 radical (unpaired) electrons. The number of nitrogens with one attached hydrogen (secondary N) is 1. The number of hydrogen-bond acceptors (Lipinski definition) is 7. The van der Waals surface area contributed by atoms with Crippen molar-refractivity contribution in [2.45, 2.75) is 0 Å². The van der Waals surface area contributed by atoms with Crippen LogP contribution in [0.3, 0.4) is 0 Å². The summed E-state index contributed by atoms with van der Waals surface area (Å²) in [5, 5.41) is 4.66. The number of ether oxygens (including phenoxy) is 3. The zero-order chi connectivity index (χ0) is 20.2. The van der Waals surface area contributed by atoms with Gasteiger partial charge in [0.15, 0.2) is 17.3 Å². The van der Waals surface area contributed by atoms with E-state index in [4.69, 9.17) is 19.2 Å². The Kier molecular flexibility index (Phi) is 5.11. The molecule has 2 aromatic carbocycles. The van der Waals surface area contributed by atoms with Gasteiger partial charge in [0.05, 0.1) is 27.0 Å². The molecule has 0 aliphatic carbocycles. The minimum Gasteiger partial charge on any atom is -0.497 e. The molecular formula is C22H20N4O3. The van der Waals surface area contributed by atoms with Crippen molar-refractivity contribution in [3.63, 3.8) is 0 Å². The number of fused-ring (bicyclic) bond motifs is 1. The Balaban J connectivity index is 1.87. The summed E-state index contributed by atoms with van der Waals surface area (Å²) in [6.45, 7) is 0. The van der Waals surface area contributed by atoms with Crippen molar-refractivity contribution < 1.29 is 14.2 Å². The molecule has 7 nitrogen and oxygen atoms in total. The molecule has 29 heavy (non-hydrogen) atoms. The quantitative estimate of drug-likeness (QED) is 0.723. The molecule has 0 bridgehead atoms. The van der Waals surface area contributed by atoms with Crippen molar-refractivity contribution in [1.82, 2.24) is 10.4 Å². The average molecular weight is 388 g/mol. The Hall–Kier alpha value is -3.87. The first-order chi connectivity index (χ1) is 14.2. The first-order valence-electron chi connectivity index (χ1n) is 8.97. The average Bonchev–Trinajstić information content (AvgIpc) is 2.98. The topological polar surface area (TPSA) is 77.3 Å². The van der Waals surface area contributed by atoms with E-state index >= 15 is 0 Å². The monoisotopic (exact) mass is 388 g/mol. The Labute approximate surface area is 168 Å². The Morgan fingerprint density at radius 2 is 1.69 bits per heavy atom. The fourth-order valence-electron chi connectivity index (χ4n) is 3.08. The number of nitrogens with zero attached hydrogens (tertiary/aromatic N) is 3. The fourth-order valence-corrected chi connectivity index (χ4v) is 3.08. The molecule has 2 heterocycles. The lowest BCUT2D eigenvalue weighted by atomic mass is 10.00. The third kappa shape index (κ3) is 3.62. The van der Waals surface area contributed by atoms with Crippen LogP contribution >= 0.6 is 0 Å². The summed E-state index contributed by atoms with van der Waals surface area (Å²) in [7, 11) is 4.85. The summed E-state index contributed by atoms with van der Waals surface area (Å²) in [6.07, 6.45) is 3.46. The molecule has 3 aromatic rings. The molecule has 0 saturated heterocycles. The first-order valence-corrected chi connectivity index (χ1v) is 8.97. The molecule has 0 fully saturated rings. The molecule has 0 amide bonds. The van der Waals surface area contributed by atoms with Crippen molar-refractivity contribution in [3.05, 3.63) is 77.6 Å². The number of methoxy groups -OCH3 is 3. The van der Waals surface area contributed by atoms with Gasteiger partial charge in [-0.1, -0.05) is 0 Å². The van der Waals surface area contributed by atoms with Gasteiger partial charge in [-0.15, -0.1) is 0 Å². The van der Waals surface area contributed by atoms with E-state index in [0.717, 1.165) is 28.1 Å². The van der Waals surface area contributed by atoms with Crippen LogP contribution in [-0.4, -0.2) is 37.9 Å². The van der Waals surface area contributed by atoms with E-state index in [-0.39, 0.29) is 0 Å². The van der Waals surface area contributed by atoms with Gasteiger partial charge in [-0.2, -0.15) is 5.10 Å². The van der Waals surface area contributed by atoms with Crippen LogP contribution in [0.5, 0.6) is 17.2 Å². The Morgan fingerprint density at radius 3 is 2.41 bits per heavy atom. The maximum atomic E-state index is 5.46. The number of pyridine rings is 1. The number of aliphatic imine (C=N–C) groups is 1. The van der Waals surface area contributed by atoms with Crippen molar-refractivity contribution >= 4 is 17.2 Å². The molecule has 1 aromatic heterocycles. The molecule has 4 rings (SSSR count). The Bertz CT molecular complexity index is 1090. The molecule has 1 aliphatic heterocycles. The normalized spacial score (nSPS) is 12.7. The van der Waals surface area contributed by atoms with Crippen LogP contribution in [0.15, 0.2) is 71.0 Å². The molecule has 1 aliphatic rings. The minimum atomic E-state index is 0.611. The zero-order valence-electron chi connectivity index (χ0n) is 16.3. The fraction of sp³-hybridized carbons (Fsp3) is 0.136. The van der Waals surface area contributed by atoms with Crippen LogP contribution < -0.4 is 19.6 Å². The van der Waals surface area contributed by atoms with Gasteiger partial charge in [-0.25, -0.2) is 4.99 Å². The van der Waals surface area contributed by atoms with Gasteiger partial charge in [0, 0.05) is 29.1 Å². The minimum absolute atomic E-state index is 0.611. The molecule has 0 spiro atoms. The maximum Gasteiger partial charge on any atom is 0.161 e. The second-order valence-electron chi connectivity index (χ2n) is 6.23. The molecule has 146 valence electrons. The highest BCUT2D eigenvalue weighted by atomic mass is 16.5. The van der Waals surface area contributed by atoms with Crippen molar-refractivity contribution in [3.8, 4) is 17.2 Å². The second-order valence-corrected chi connectivity index (χ2v) is 6.23. The molecule has 0 atom stereocenters. The van der Waals surface area contributed by atoms with Gasteiger partial charge in [0.1, 0.15) is 11.5 Å². The summed E-state index contributed by atoms with van der Waals surface area (Å²) in [5.41, 5.74) is 7.09. The Morgan fingerprint density at radius 1 is 0.828 bits per heavy atom. The summed E-state index contributed by atoms with van der Waals surface area (Å²) in [6, 6.07) is 15.2. The molecule has 7 heteroatoms. The van der Waals surface area contributed by atoms with Gasteiger partial charge in [0.25, 0.3) is 0 Å². The zero-order valence-corrected chi connectivity index (χ0v) is 16.3. The van der Waals surface area contributed by atoms with E-state index in [1.165, 1.54) is 0 Å². The van der Waals surface area contributed by atoms with E-state index < -0.39 is 0 Å². The number of hydrogen-bond donors (Lipinski definition) is 1. The largest absolute Gasteiger partial charge is 0.497 e. The van der Waals surface area contributed by atoms with Gasteiger partial charge >= 0.3 is 0 Å². The maximum absolute atomic E-state index is 5.46. The summed E-state index contributed by atoms with van der Waals surface area (Å²) in [5.74, 6) is 2.60. The number of rotatable bonds is 5. The van der Waals surface area contributed by atoms with E-state index in [1.54, 1.807) is 33.7 Å². The van der Waals surface area contributed by atoms with Crippen LogP contribution in [0.4, 0.5) is 5.69 Å². The van der Waals surface area contributed by atoms with Gasteiger partial charge < -0.3 is 14.2 Å². The highest BCUT2D eigenvalue weighted by Gasteiger charge is 2.19. The highest BCUT2D eigenvalue weighted by molar-refractivity contribution is 6.18. The SMILES string of the molecule is COc1ccc2c(c1)C(c1ccc(OC)c(OC)c1)=NNC(c1cccnc1)=N2.